The molecule has 5 heteroatoms. The third kappa shape index (κ3) is 2.24. The van der Waals surface area contributed by atoms with Crippen LogP contribution in [0.3, 0.4) is 0 Å². The van der Waals surface area contributed by atoms with Gasteiger partial charge in [-0.3, -0.25) is 9.69 Å². The average molecular weight is 276 g/mol. The van der Waals surface area contributed by atoms with Crippen molar-refractivity contribution in [1.29, 1.82) is 0 Å². The number of hydrogen-bond acceptors (Lipinski definition) is 3. The minimum Gasteiger partial charge on any atom is -0.359 e. The number of aromatic nitrogens is 2. The van der Waals surface area contributed by atoms with Crippen molar-refractivity contribution < 1.29 is 4.79 Å². The van der Waals surface area contributed by atoms with Crippen LogP contribution in [0.1, 0.15) is 31.4 Å². The highest BCUT2D eigenvalue weighted by molar-refractivity contribution is 5.79. The van der Waals surface area contributed by atoms with Gasteiger partial charge in [-0.05, 0) is 31.2 Å². The Kier molecular flexibility index (Phi) is 3.54. The Balaban J connectivity index is 1.69. The number of imidazole rings is 1. The molecular formula is C15H24N4O. The van der Waals surface area contributed by atoms with Gasteiger partial charge in [-0.25, -0.2) is 4.98 Å². The first-order valence-corrected chi connectivity index (χ1v) is 7.54. The predicted molar refractivity (Wildman–Crippen MR) is 76.9 cm³/mol. The molecule has 1 N–H and O–H groups in total. The lowest BCUT2D eigenvalue weighted by atomic mass is 9.76. The fraction of sp³-hybridized carbons (Fsp3) is 0.733. The Morgan fingerprint density at radius 1 is 1.55 bits per heavy atom. The summed E-state index contributed by atoms with van der Waals surface area (Å²) in [6.45, 7) is 3.09. The van der Waals surface area contributed by atoms with Gasteiger partial charge in [0.1, 0.15) is 0 Å². The van der Waals surface area contributed by atoms with Crippen LogP contribution in [0.2, 0.25) is 0 Å². The summed E-state index contributed by atoms with van der Waals surface area (Å²) in [5, 5.41) is 2.86. The molecule has 1 aromatic heterocycles. The smallest absolute Gasteiger partial charge is 0.223 e. The molecule has 0 radical (unpaired) electrons. The van der Waals surface area contributed by atoms with Crippen molar-refractivity contribution in [2.45, 2.75) is 32.2 Å². The lowest BCUT2D eigenvalue weighted by Crippen LogP contribution is -2.39. The summed E-state index contributed by atoms with van der Waals surface area (Å²) in [6.07, 6.45) is 8.40. The van der Waals surface area contributed by atoms with Crippen LogP contribution >= 0.6 is 0 Å². The van der Waals surface area contributed by atoms with E-state index < -0.39 is 0 Å². The summed E-state index contributed by atoms with van der Waals surface area (Å²) >= 11 is 0. The van der Waals surface area contributed by atoms with E-state index >= 15 is 0 Å². The number of amides is 1. The van der Waals surface area contributed by atoms with Gasteiger partial charge in [-0.2, -0.15) is 0 Å². The van der Waals surface area contributed by atoms with E-state index in [9.17, 15) is 4.79 Å². The Morgan fingerprint density at radius 3 is 3.10 bits per heavy atom. The normalized spacial score (nSPS) is 30.2. The number of hydrogen-bond donors (Lipinski definition) is 1. The number of likely N-dealkylation sites (tertiary alicyclic amines) is 1. The van der Waals surface area contributed by atoms with Crippen molar-refractivity contribution in [3.05, 3.63) is 18.2 Å². The maximum absolute atomic E-state index is 12.1. The van der Waals surface area contributed by atoms with E-state index in [0.717, 1.165) is 32.5 Å². The van der Waals surface area contributed by atoms with Gasteiger partial charge in [-0.15, -0.1) is 0 Å². The van der Waals surface area contributed by atoms with Crippen molar-refractivity contribution in [2.75, 3.05) is 20.1 Å². The highest BCUT2D eigenvalue weighted by atomic mass is 16.1. The molecule has 20 heavy (non-hydrogen) atoms. The molecule has 0 bridgehead atoms. The Hall–Kier alpha value is -1.36. The van der Waals surface area contributed by atoms with Gasteiger partial charge >= 0.3 is 0 Å². The van der Waals surface area contributed by atoms with Gasteiger partial charge in [0.15, 0.2) is 0 Å². The maximum Gasteiger partial charge on any atom is 0.223 e. The molecule has 2 fully saturated rings. The van der Waals surface area contributed by atoms with Crippen molar-refractivity contribution >= 4 is 5.91 Å². The van der Waals surface area contributed by atoms with Gasteiger partial charge in [0.05, 0.1) is 12.0 Å². The average Bonchev–Trinajstić information content (AvgIpc) is 3.14. The van der Waals surface area contributed by atoms with E-state index in [1.165, 1.54) is 18.5 Å². The molecule has 3 rings (SSSR count). The number of nitrogens with zero attached hydrogens (tertiary/aromatic N) is 3. The lowest BCUT2D eigenvalue weighted by Gasteiger charge is -2.30. The second-order valence-electron chi connectivity index (χ2n) is 6.38. The maximum atomic E-state index is 12.1. The van der Waals surface area contributed by atoms with Crippen LogP contribution in [-0.4, -0.2) is 40.5 Å². The minimum absolute atomic E-state index is 0.212. The topological polar surface area (TPSA) is 50.2 Å². The first-order chi connectivity index (χ1) is 9.64. The predicted octanol–water partition coefficient (Wildman–Crippen LogP) is 1.16. The standard InChI is InChI=1S/C15H24N4O/c1-16-14(20)13-4-3-5-15(13)6-7-19(10-15)9-12-8-17-11-18(12)2/h8,11,13H,3-7,9-10H2,1-2H3,(H,16,20)/t13-,15-/m0/s1. The molecule has 1 aromatic rings. The molecule has 1 aliphatic heterocycles. The summed E-state index contributed by atoms with van der Waals surface area (Å²) in [4.78, 5) is 18.8. The quantitative estimate of drug-likeness (QED) is 0.901. The Labute approximate surface area is 120 Å². The van der Waals surface area contributed by atoms with Crippen molar-refractivity contribution in [1.82, 2.24) is 19.8 Å². The monoisotopic (exact) mass is 276 g/mol. The Morgan fingerprint density at radius 2 is 2.40 bits per heavy atom. The van der Waals surface area contributed by atoms with Crippen molar-refractivity contribution in [3.63, 3.8) is 0 Å². The summed E-state index contributed by atoms with van der Waals surface area (Å²) in [5.41, 5.74) is 1.47. The summed E-state index contributed by atoms with van der Waals surface area (Å²) < 4.78 is 2.08. The zero-order chi connectivity index (χ0) is 14.2. The number of nitrogens with one attached hydrogen (secondary N) is 1. The van der Waals surface area contributed by atoms with Crippen LogP contribution in [0.5, 0.6) is 0 Å². The molecule has 0 aromatic carbocycles. The fourth-order valence-electron chi connectivity index (χ4n) is 4.10. The molecule has 1 saturated heterocycles. The molecule has 1 amide bonds. The van der Waals surface area contributed by atoms with Gasteiger partial charge in [-0.1, -0.05) is 6.42 Å². The molecule has 1 aliphatic carbocycles. The number of rotatable bonds is 3. The number of carbonyl (C=O) groups is 1. The molecular weight excluding hydrogens is 252 g/mol. The van der Waals surface area contributed by atoms with Gasteiger partial charge < -0.3 is 9.88 Å². The van der Waals surface area contributed by atoms with Crippen LogP contribution < -0.4 is 5.32 Å². The molecule has 5 nitrogen and oxygen atoms in total. The summed E-state index contributed by atoms with van der Waals surface area (Å²) in [7, 11) is 3.80. The van der Waals surface area contributed by atoms with Crippen molar-refractivity contribution in [3.8, 4) is 0 Å². The second kappa shape index (κ2) is 5.20. The summed E-state index contributed by atoms with van der Waals surface area (Å²) in [5.74, 6) is 0.453. The minimum atomic E-state index is 0.212. The number of carbonyl (C=O) groups excluding carboxylic acids is 1. The van der Waals surface area contributed by atoms with Crippen LogP contribution in [0, 0.1) is 11.3 Å². The first-order valence-electron chi connectivity index (χ1n) is 7.54. The van der Waals surface area contributed by atoms with E-state index in [1.54, 1.807) is 7.05 Å². The molecule has 2 heterocycles. The van der Waals surface area contributed by atoms with E-state index in [0.29, 0.717) is 0 Å². The van der Waals surface area contributed by atoms with Gasteiger partial charge in [0, 0.05) is 39.3 Å². The van der Waals surface area contributed by atoms with E-state index in [-0.39, 0.29) is 17.2 Å². The van der Waals surface area contributed by atoms with E-state index in [2.05, 4.69) is 19.8 Å². The third-order valence-corrected chi connectivity index (χ3v) is 5.24. The van der Waals surface area contributed by atoms with Crippen LogP contribution in [-0.2, 0) is 18.4 Å². The van der Waals surface area contributed by atoms with Crippen LogP contribution in [0.15, 0.2) is 12.5 Å². The van der Waals surface area contributed by atoms with E-state index in [4.69, 9.17) is 0 Å². The summed E-state index contributed by atoms with van der Waals surface area (Å²) in [6, 6.07) is 0. The van der Waals surface area contributed by atoms with Gasteiger partial charge in [0.25, 0.3) is 0 Å². The molecule has 2 aliphatic rings. The largest absolute Gasteiger partial charge is 0.359 e. The zero-order valence-corrected chi connectivity index (χ0v) is 12.4. The van der Waals surface area contributed by atoms with E-state index in [1.807, 2.05) is 19.6 Å². The zero-order valence-electron chi connectivity index (χ0n) is 12.4. The van der Waals surface area contributed by atoms with Crippen LogP contribution in [0.4, 0.5) is 0 Å². The molecule has 2 atom stereocenters. The highest BCUT2D eigenvalue weighted by Gasteiger charge is 2.49. The molecule has 1 saturated carbocycles. The third-order valence-electron chi connectivity index (χ3n) is 5.24. The molecule has 110 valence electrons. The molecule has 1 spiro atoms. The lowest BCUT2D eigenvalue weighted by molar-refractivity contribution is -0.127. The SMILES string of the molecule is CNC(=O)[C@@H]1CCC[C@@]12CCN(Cc1cncn1C)C2. The number of aryl methyl sites for hydroxylation is 1. The molecule has 0 unspecified atom stereocenters. The second-order valence-corrected chi connectivity index (χ2v) is 6.38. The first kappa shape index (κ1) is 13.6. The van der Waals surface area contributed by atoms with Crippen LogP contribution in [0.25, 0.3) is 0 Å². The highest BCUT2D eigenvalue weighted by Crippen LogP contribution is 2.49. The van der Waals surface area contributed by atoms with Crippen molar-refractivity contribution in [2.24, 2.45) is 18.4 Å². The van der Waals surface area contributed by atoms with Gasteiger partial charge in [0.2, 0.25) is 5.91 Å². The fourth-order valence-corrected chi connectivity index (χ4v) is 4.10. The Bertz CT molecular complexity index is 498.